The molecule has 2 N–H and O–H groups in total. The third-order valence-corrected chi connectivity index (χ3v) is 4.87. The summed E-state index contributed by atoms with van der Waals surface area (Å²) >= 11 is 7.06. The maximum atomic E-state index is 12.5. The Hall–Kier alpha value is -2.18. The SMILES string of the molecule is CC(CNC(=O)c1ccccc1SC(C)C(=O)O)Oc1cccc(Cl)c1. The molecular formula is C19H20ClNO4S. The number of halogens is 1. The van der Waals surface area contributed by atoms with Crippen LogP contribution in [0.4, 0.5) is 0 Å². The van der Waals surface area contributed by atoms with Crippen molar-refractivity contribution in [2.75, 3.05) is 6.54 Å². The molecule has 1 amide bonds. The molecule has 0 aliphatic carbocycles. The first-order valence-electron chi connectivity index (χ1n) is 8.05. The van der Waals surface area contributed by atoms with Crippen molar-refractivity contribution in [1.82, 2.24) is 5.32 Å². The van der Waals surface area contributed by atoms with Crippen LogP contribution in [0.1, 0.15) is 24.2 Å². The van der Waals surface area contributed by atoms with Gasteiger partial charge in [0.15, 0.2) is 0 Å². The van der Waals surface area contributed by atoms with E-state index in [4.69, 9.17) is 21.4 Å². The summed E-state index contributed by atoms with van der Waals surface area (Å²) in [6.45, 7) is 3.73. The largest absolute Gasteiger partial charge is 0.489 e. The second kappa shape index (κ2) is 9.50. The number of hydrogen-bond acceptors (Lipinski definition) is 4. The molecule has 0 aromatic heterocycles. The number of carbonyl (C=O) groups is 2. The molecule has 0 saturated carbocycles. The molecule has 0 radical (unpaired) electrons. The molecule has 0 aliphatic heterocycles. The number of carbonyl (C=O) groups excluding carboxylic acids is 1. The first-order valence-corrected chi connectivity index (χ1v) is 9.31. The van der Waals surface area contributed by atoms with Crippen LogP contribution in [0.3, 0.4) is 0 Å². The first-order chi connectivity index (χ1) is 12.4. The van der Waals surface area contributed by atoms with Gasteiger partial charge in [-0.15, -0.1) is 11.8 Å². The number of carboxylic acid groups (broad SMARTS) is 1. The Bertz CT molecular complexity index is 784. The van der Waals surface area contributed by atoms with E-state index in [2.05, 4.69) is 5.32 Å². The number of nitrogens with one attached hydrogen (secondary N) is 1. The summed E-state index contributed by atoms with van der Waals surface area (Å²) in [6.07, 6.45) is -0.254. The standard InChI is InChI=1S/C19H20ClNO4S/c1-12(25-15-7-5-6-14(20)10-15)11-21-18(22)16-8-3-4-9-17(16)26-13(2)19(23)24/h3-10,12-13H,11H2,1-2H3,(H,21,22)(H,23,24). The van der Waals surface area contributed by atoms with Crippen LogP contribution >= 0.6 is 23.4 Å². The van der Waals surface area contributed by atoms with Gasteiger partial charge in [-0.25, -0.2) is 0 Å². The lowest BCUT2D eigenvalue weighted by atomic mass is 10.2. The van der Waals surface area contributed by atoms with Gasteiger partial charge in [-0.3, -0.25) is 9.59 Å². The zero-order valence-electron chi connectivity index (χ0n) is 14.4. The third-order valence-electron chi connectivity index (χ3n) is 3.47. The number of thioether (sulfide) groups is 1. The van der Waals surface area contributed by atoms with E-state index in [1.807, 2.05) is 6.92 Å². The van der Waals surface area contributed by atoms with E-state index >= 15 is 0 Å². The lowest BCUT2D eigenvalue weighted by molar-refractivity contribution is -0.136. The van der Waals surface area contributed by atoms with Crippen LogP contribution in [0.5, 0.6) is 5.75 Å². The molecule has 2 rings (SSSR count). The van der Waals surface area contributed by atoms with Gasteiger partial charge in [-0.1, -0.05) is 29.8 Å². The summed E-state index contributed by atoms with van der Waals surface area (Å²) in [5, 5.41) is 11.8. The van der Waals surface area contributed by atoms with Crippen LogP contribution in [-0.2, 0) is 4.79 Å². The smallest absolute Gasteiger partial charge is 0.316 e. The van der Waals surface area contributed by atoms with Crippen molar-refractivity contribution in [2.45, 2.75) is 30.1 Å². The highest BCUT2D eigenvalue weighted by Gasteiger charge is 2.18. The monoisotopic (exact) mass is 393 g/mol. The first kappa shape index (κ1) is 20.1. The number of hydrogen-bond donors (Lipinski definition) is 2. The van der Waals surface area contributed by atoms with Gasteiger partial charge in [-0.05, 0) is 44.2 Å². The van der Waals surface area contributed by atoms with Crippen LogP contribution in [0.15, 0.2) is 53.4 Å². The number of amides is 1. The second-order valence-corrected chi connectivity index (χ2v) is 7.51. The van der Waals surface area contributed by atoms with Crippen LogP contribution in [0, 0.1) is 0 Å². The zero-order valence-corrected chi connectivity index (χ0v) is 16.0. The molecule has 0 heterocycles. The Morgan fingerprint density at radius 2 is 1.92 bits per heavy atom. The van der Waals surface area contributed by atoms with Crippen molar-refractivity contribution in [3.63, 3.8) is 0 Å². The van der Waals surface area contributed by atoms with Crippen LogP contribution in [0.25, 0.3) is 0 Å². The predicted molar refractivity (Wildman–Crippen MR) is 103 cm³/mol. The molecule has 0 saturated heterocycles. The minimum absolute atomic E-state index is 0.254. The number of aliphatic carboxylic acids is 1. The molecule has 2 aromatic carbocycles. The van der Waals surface area contributed by atoms with Crippen LogP contribution < -0.4 is 10.1 Å². The molecule has 2 unspecified atom stereocenters. The Morgan fingerprint density at radius 3 is 2.62 bits per heavy atom. The van der Waals surface area contributed by atoms with E-state index in [1.165, 1.54) is 0 Å². The molecule has 0 fully saturated rings. The van der Waals surface area contributed by atoms with E-state index in [-0.39, 0.29) is 12.0 Å². The number of ether oxygens (including phenoxy) is 1. The van der Waals surface area contributed by atoms with Crippen molar-refractivity contribution in [2.24, 2.45) is 0 Å². The van der Waals surface area contributed by atoms with Crippen molar-refractivity contribution < 1.29 is 19.4 Å². The van der Waals surface area contributed by atoms with Gasteiger partial charge >= 0.3 is 5.97 Å². The van der Waals surface area contributed by atoms with E-state index in [0.717, 1.165) is 11.8 Å². The van der Waals surface area contributed by atoms with Crippen LogP contribution in [0.2, 0.25) is 5.02 Å². The van der Waals surface area contributed by atoms with Gasteiger partial charge in [0.2, 0.25) is 0 Å². The molecule has 0 bridgehead atoms. The lowest BCUT2D eigenvalue weighted by Crippen LogP contribution is -2.33. The fraction of sp³-hybridized carbons (Fsp3) is 0.263. The van der Waals surface area contributed by atoms with Crippen LogP contribution in [-0.4, -0.2) is 34.9 Å². The summed E-state index contributed by atoms with van der Waals surface area (Å²) in [7, 11) is 0. The molecule has 138 valence electrons. The summed E-state index contributed by atoms with van der Waals surface area (Å²) in [5.74, 6) is -0.563. The summed E-state index contributed by atoms with van der Waals surface area (Å²) in [4.78, 5) is 24.2. The molecule has 26 heavy (non-hydrogen) atoms. The molecular weight excluding hydrogens is 374 g/mol. The lowest BCUT2D eigenvalue weighted by Gasteiger charge is -2.17. The van der Waals surface area contributed by atoms with Crippen molar-refractivity contribution in [1.29, 1.82) is 0 Å². The minimum atomic E-state index is -0.922. The van der Waals surface area contributed by atoms with E-state index in [1.54, 1.807) is 55.5 Å². The normalized spacial score (nSPS) is 12.9. The fourth-order valence-electron chi connectivity index (χ4n) is 2.14. The molecule has 0 aliphatic rings. The van der Waals surface area contributed by atoms with Crippen molar-refractivity contribution in [3.05, 3.63) is 59.1 Å². The average molecular weight is 394 g/mol. The van der Waals surface area contributed by atoms with Gasteiger partial charge in [0.25, 0.3) is 5.91 Å². The third kappa shape index (κ3) is 5.97. The molecule has 2 atom stereocenters. The summed E-state index contributed by atoms with van der Waals surface area (Å²) in [6, 6.07) is 14.0. The minimum Gasteiger partial charge on any atom is -0.489 e. The quantitative estimate of drug-likeness (QED) is 0.660. The van der Waals surface area contributed by atoms with E-state index < -0.39 is 11.2 Å². The Balaban J connectivity index is 1.96. The highest BCUT2D eigenvalue weighted by atomic mass is 35.5. The Kier molecular flexibility index (Phi) is 7.36. The highest BCUT2D eigenvalue weighted by molar-refractivity contribution is 8.00. The predicted octanol–water partition coefficient (Wildman–Crippen LogP) is 4.10. The fourth-order valence-corrected chi connectivity index (χ4v) is 3.25. The highest BCUT2D eigenvalue weighted by Crippen LogP contribution is 2.27. The summed E-state index contributed by atoms with van der Waals surface area (Å²) in [5.41, 5.74) is 0.445. The zero-order chi connectivity index (χ0) is 19.1. The van der Waals surface area contributed by atoms with E-state index in [9.17, 15) is 9.59 Å². The Labute approximate surface area is 161 Å². The van der Waals surface area contributed by atoms with Gasteiger partial charge < -0.3 is 15.2 Å². The van der Waals surface area contributed by atoms with Gasteiger partial charge in [0.1, 0.15) is 17.1 Å². The van der Waals surface area contributed by atoms with Crippen molar-refractivity contribution >= 4 is 35.2 Å². The average Bonchev–Trinajstić information content (AvgIpc) is 2.60. The number of benzene rings is 2. The molecule has 0 spiro atoms. The number of carboxylic acids is 1. The molecule has 5 nitrogen and oxygen atoms in total. The Morgan fingerprint density at radius 1 is 1.19 bits per heavy atom. The van der Waals surface area contributed by atoms with Gasteiger partial charge in [0, 0.05) is 9.92 Å². The summed E-state index contributed by atoms with van der Waals surface area (Å²) < 4.78 is 5.73. The molecule has 7 heteroatoms. The van der Waals surface area contributed by atoms with Gasteiger partial charge in [-0.2, -0.15) is 0 Å². The van der Waals surface area contributed by atoms with E-state index in [0.29, 0.717) is 27.8 Å². The maximum Gasteiger partial charge on any atom is 0.316 e. The molecule has 2 aromatic rings. The topological polar surface area (TPSA) is 75.6 Å². The second-order valence-electron chi connectivity index (χ2n) is 5.69. The maximum absolute atomic E-state index is 12.5. The number of rotatable bonds is 8. The van der Waals surface area contributed by atoms with Crippen molar-refractivity contribution in [3.8, 4) is 5.75 Å². The van der Waals surface area contributed by atoms with Gasteiger partial charge in [0.05, 0.1) is 12.1 Å².